The molecule has 6 heteroatoms. The standard InChI is InChI=1S/C21H25N3O2Si/c1-27(2,3)13-12-26-16-24-21-14-18(15-25)4-6-19(21)20(23-24)7-5-17-8-10-22-11-9-17/h4-11,14-15H,12-13,16H2,1-3H3. The molecule has 0 bridgehead atoms. The predicted octanol–water partition coefficient (Wildman–Crippen LogP) is 4.73. The van der Waals surface area contributed by atoms with Gasteiger partial charge in [0.1, 0.15) is 13.0 Å². The van der Waals surface area contributed by atoms with E-state index >= 15 is 0 Å². The van der Waals surface area contributed by atoms with E-state index in [1.165, 1.54) is 0 Å². The van der Waals surface area contributed by atoms with E-state index in [0.717, 1.165) is 41.1 Å². The maximum absolute atomic E-state index is 11.2. The van der Waals surface area contributed by atoms with Crippen LogP contribution in [0.2, 0.25) is 25.7 Å². The smallest absolute Gasteiger partial charge is 0.150 e. The Balaban J connectivity index is 1.86. The first-order valence-electron chi connectivity index (χ1n) is 9.08. The van der Waals surface area contributed by atoms with Crippen molar-refractivity contribution in [2.24, 2.45) is 0 Å². The van der Waals surface area contributed by atoms with E-state index in [4.69, 9.17) is 9.84 Å². The highest BCUT2D eigenvalue weighted by Gasteiger charge is 2.13. The van der Waals surface area contributed by atoms with E-state index in [0.29, 0.717) is 12.3 Å². The van der Waals surface area contributed by atoms with E-state index in [2.05, 4.69) is 24.6 Å². The molecular formula is C21H25N3O2Si. The molecule has 3 aromatic rings. The summed E-state index contributed by atoms with van der Waals surface area (Å²) in [6.07, 6.45) is 8.37. The molecular weight excluding hydrogens is 354 g/mol. The van der Waals surface area contributed by atoms with Gasteiger partial charge in [-0.15, -0.1) is 0 Å². The van der Waals surface area contributed by atoms with E-state index in [9.17, 15) is 4.79 Å². The molecule has 0 N–H and O–H groups in total. The maximum atomic E-state index is 11.2. The molecule has 0 aliphatic rings. The minimum atomic E-state index is -1.13. The number of aldehydes is 1. The number of pyridine rings is 1. The van der Waals surface area contributed by atoms with Crippen LogP contribution in [0.1, 0.15) is 21.6 Å². The summed E-state index contributed by atoms with van der Waals surface area (Å²) in [5.74, 6) is 0. The van der Waals surface area contributed by atoms with Gasteiger partial charge in [-0.2, -0.15) is 5.10 Å². The molecule has 140 valence electrons. The fourth-order valence-electron chi connectivity index (χ4n) is 2.69. The monoisotopic (exact) mass is 379 g/mol. The number of carbonyl (C=O) groups excluding carboxylic acids is 1. The highest BCUT2D eigenvalue weighted by Crippen LogP contribution is 2.22. The van der Waals surface area contributed by atoms with Crippen LogP contribution in [-0.4, -0.2) is 35.7 Å². The first-order valence-corrected chi connectivity index (χ1v) is 12.8. The zero-order valence-electron chi connectivity index (χ0n) is 16.1. The number of aromatic nitrogens is 3. The molecule has 27 heavy (non-hydrogen) atoms. The molecule has 0 unspecified atom stereocenters. The van der Waals surface area contributed by atoms with E-state index < -0.39 is 8.07 Å². The highest BCUT2D eigenvalue weighted by atomic mass is 28.3. The number of hydrogen-bond donors (Lipinski definition) is 0. The Morgan fingerprint density at radius 2 is 1.85 bits per heavy atom. The van der Waals surface area contributed by atoms with Crippen molar-refractivity contribution in [3.8, 4) is 0 Å². The van der Waals surface area contributed by atoms with Crippen LogP contribution >= 0.6 is 0 Å². The van der Waals surface area contributed by atoms with Gasteiger partial charge in [0.25, 0.3) is 0 Å². The van der Waals surface area contributed by atoms with Crippen LogP contribution < -0.4 is 0 Å². The Morgan fingerprint density at radius 1 is 1.07 bits per heavy atom. The van der Waals surface area contributed by atoms with Crippen LogP contribution in [0.4, 0.5) is 0 Å². The quantitative estimate of drug-likeness (QED) is 0.323. The lowest BCUT2D eigenvalue weighted by Gasteiger charge is -2.15. The van der Waals surface area contributed by atoms with Crippen molar-refractivity contribution in [3.05, 3.63) is 59.5 Å². The van der Waals surface area contributed by atoms with Gasteiger partial charge in [-0.05, 0) is 41.9 Å². The molecule has 0 amide bonds. The Labute approximate surface area is 160 Å². The van der Waals surface area contributed by atoms with Gasteiger partial charge in [0.2, 0.25) is 0 Å². The van der Waals surface area contributed by atoms with Gasteiger partial charge in [-0.3, -0.25) is 9.78 Å². The van der Waals surface area contributed by atoms with Gasteiger partial charge >= 0.3 is 0 Å². The number of fused-ring (bicyclic) bond motifs is 1. The Kier molecular flexibility index (Phi) is 5.98. The highest BCUT2D eigenvalue weighted by molar-refractivity contribution is 6.76. The van der Waals surface area contributed by atoms with Crippen LogP contribution in [0.15, 0.2) is 42.7 Å². The topological polar surface area (TPSA) is 57.0 Å². The third-order valence-electron chi connectivity index (χ3n) is 4.29. The molecule has 0 radical (unpaired) electrons. The molecule has 0 atom stereocenters. The summed E-state index contributed by atoms with van der Waals surface area (Å²) < 4.78 is 7.70. The summed E-state index contributed by atoms with van der Waals surface area (Å²) >= 11 is 0. The average Bonchev–Trinajstić information content (AvgIpc) is 3.00. The molecule has 2 heterocycles. The molecule has 0 fully saturated rings. The average molecular weight is 380 g/mol. The zero-order chi connectivity index (χ0) is 19.3. The second kappa shape index (κ2) is 8.41. The Morgan fingerprint density at radius 3 is 2.56 bits per heavy atom. The van der Waals surface area contributed by atoms with Gasteiger partial charge in [0.15, 0.2) is 0 Å². The van der Waals surface area contributed by atoms with Crippen LogP contribution in [-0.2, 0) is 11.5 Å². The predicted molar refractivity (Wildman–Crippen MR) is 112 cm³/mol. The van der Waals surface area contributed by atoms with Crippen LogP contribution in [0.25, 0.3) is 23.1 Å². The van der Waals surface area contributed by atoms with Crippen molar-refractivity contribution < 1.29 is 9.53 Å². The lowest BCUT2D eigenvalue weighted by Crippen LogP contribution is -2.22. The number of rotatable bonds is 8. The number of hydrogen-bond acceptors (Lipinski definition) is 4. The van der Waals surface area contributed by atoms with Gasteiger partial charge < -0.3 is 4.74 Å². The maximum Gasteiger partial charge on any atom is 0.150 e. The zero-order valence-corrected chi connectivity index (χ0v) is 17.1. The van der Waals surface area contributed by atoms with Crippen molar-refractivity contribution >= 4 is 37.4 Å². The second-order valence-corrected chi connectivity index (χ2v) is 13.4. The fourth-order valence-corrected chi connectivity index (χ4v) is 3.45. The first-order chi connectivity index (χ1) is 13.0. The molecule has 1 aromatic carbocycles. The van der Waals surface area contributed by atoms with Crippen LogP contribution in [0.3, 0.4) is 0 Å². The van der Waals surface area contributed by atoms with Gasteiger partial charge in [-0.1, -0.05) is 31.8 Å². The summed E-state index contributed by atoms with van der Waals surface area (Å²) in [7, 11) is -1.13. The van der Waals surface area contributed by atoms with Crippen molar-refractivity contribution in [3.63, 3.8) is 0 Å². The second-order valence-electron chi connectivity index (χ2n) is 7.74. The fraction of sp³-hybridized carbons (Fsp3) is 0.286. The minimum Gasteiger partial charge on any atom is -0.360 e. The summed E-state index contributed by atoms with van der Waals surface area (Å²) in [6.45, 7) is 8.10. The number of nitrogens with zero attached hydrogens (tertiary/aromatic N) is 3. The van der Waals surface area contributed by atoms with Crippen LogP contribution in [0.5, 0.6) is 0 Å². The Hall–Kier alpha value is -2.57. The molecule has 0 saturated carbocycles. The third kappa shape index (κ3) is 5.21. The van der Waals surface area contributed by atoms with Gasteiger partial charge in [-0.25, -0.2) is 4.68 Å². The summed E-state index contributed by atoms with van der Waals surface area (Å²) in [5.41, 5.74) is 3.45. The van der Waals surface area contributed by atoms with Crippen molar-refractivity contribution in [1.82, 2.24) is 14.8 Å². The third-order valence-corrected chi connectivity index (χ3v) is 5.99. The summed E-state index contributed by atoms with van der Waals surface area (Å²) in [5, 5.41) is 5.70. The minimum absolute atomic E-state index is 0.381. The van der Waals surface area contributed by atoms with E-state index in [1.807, 2.05) is 47.2 Å². The molecule has 0 aliphatic carbocycles. The van der Waals surface area contributed by atoms with Crippen molar-refractivity contribution in [1.29, 1.82) is 0 Å². The van der Waals surface area contributed by atoms with E-state index in [-0.39, 0.29) is 0 Å². The largest absolute Gasteiger partial charge is 0.360 e. The molecule has 0 saturated heterocycles. The normalized spacial score (nSPS) is 12.1. The summed E-state index contributed by atoms with van der Waals surface area (Å²) in [4.78, 5) is 15.2. The van der Waals surface area contributed by atoms with E-state index in [1.54, 1.807) is 12.4 Å². The number of carbonyl (C=O) groups is 1. The lowest BCUT2D eigenvalue weighted by atomic mass is 10.1. The van der Waals surface area contributed by atoms with Crippen molar-refractivity contribution in [2.45, 2.75) is 32.4 Å². The lowest BCUT2D eigenvalue weighted by molar-refractivity contribution is 0.0816. The number of ether oxygens (including phenoxy) is 1. The molecule has 2 aromatic heterocycles. The molecule has 0 aliphatic heterocycles. The molecule has 5 nitrogen and oxygen atoms in total. The van der Waals surface area contributed by atoms with Crippen LogP contribution in [0, 0.1) is 0 Å². The molecule has 0 spiro atoms. The van der Waals surface area contributed by atoms with Gasteiger partial charge in [0, 0.05) is 38.0 Å². The number of benzene rings is 1. The Bertz CT molecular complexity index is 943. The van der Waals surface area contributed by atoms with Gasteiger partial charge in [0.05, 0.1) is 11.2 Å². The van der Waals surface area contributed by atoms with Crippen molar-refractivity contribution in [2.75, 3.05) is 6.61 Å². The SMILES string of the molecule is C[Si](C)(C)CCOCn1nc(C=Cc2ccncc2)c2ccc(C=O)cc21. The first kappa shape index (κ1) is 19.2. The summed E-state index contributed by atoms with van der Waals surface area (Å²) in [6, 6.07) is 10.6. The molecule has 3 rings (SSSR count).